The Morgan fingerprint density at radius 2 is 1.69 bits per heavy atom. The second kappa shape index (κ2) is 7.81. The molecule has 4 heterocycles. The van der Waals surface area contributed by atoms with Crippen molar-refractivity contribution >= 4 is 11.6 Å². The monoisotopic (exact) mass is 355 g/mol. The fourth-order valence-corrected chi connectivity index (χ4v) is 4.42. The van der Waals surface area contributed by atoms with Crippen LogP contribution in [0.3, 0.4) is 0 Å². The number of hydrogen-bond acceptors (Lipinski definition) is 6. The third-order valence-electron chi connectivity index (χ3n) is 5.96. The van der Waals surface area contributed by atoms with Crippen LogP contribution in [0, 0.1) is 11.3 Å². The summed E-state index contributed by atoms with van der Waals surface area (Å²) in [6, 6.07) is 2.50. The topological polar surface area (TPSA) is 55.6 Å². The van der Waals surface area contributed by atoms with E-state index in [2.05, 4.69) is 27.7 Å². The molecule has 3 aliphatic heterocycles. The van der Waals surface area contributed by atoms with Gasteiger partial charge >= 0.3 is 0 Å². The molecule has 2 fully saturated rings. The van der Waals surface area contributed by atoms with Gasteiger partial charge in [0, 0.05) is 44.8 Å². The normalized spacial score (nSPS) is 21.4. The van der Waals surface area contributed by atoms with Crippen molar-refractivity contribution in [1.82, 2.24) is 9.88 Å². The maximum atomic E-state index is 9.95. The molecule has 6 nitrogen and oxygen atoms in total. The Balaban J connectivity index is 1.81. The second-order valence-corrected chi connectivity index (χ2v) is 7.47. The summed E-state index contributed by atoms with van der Waals surface area (Å²) >= 11 is 0. The van der Waals surface area contributed by atoms with Crippen LogP contribution in [0.15, 0.2) is 0 Å². The average molecular weight is 355 g/mol. The van der Waals surface area contributed by atoms with Gasteiger partial charge in [0.25, 0.3) is 0 Å². The third kappa shape index (κ3) is 3.26. The molecule has 1 aromatic rings. The number of morpholine rings is 1. The summed E-state index contributed by atoms with van der Waals surface area (Å²) in [5, 5.41) is 9.95. The molecule has 0 amide bonds. The summed E-state index contributed by atoms with van der Waals surface area (Å²) in [5.41, 5.74) is 3.35. The summed E-state index contributed by atoms with van der Waals surface area (Å²) in [4.78, 5) is 12.3. The minimum atomic E-state index is 0.715. The van der Waals surface area contributed by atoms with E-state index in [9.17, 15) is 5.26 Å². The fraction of sp³-hybridized carbons (Fsp3) is 0.700. The molecule has 0 N–H and O–H groups in total. The summed E-state index contributed by atoms with van der Waals surface area (Å²) in [7, 11) is 0. The SMILES string of the molecule is CCN1CCc2c(C#N)c(N3CCOCC3)nc(N3CCCCC3)c2C1. The van der Waals surface area contributed by atoms with Crippen molar-refractivity contribution in [2.24, 2.45) is 0 Å². The van der Waals surface area contributed by atoms with Gasteiger partial charge in [-0.3, -0.25) is 4.90 Å². The molecule has 0 aromatic carbocycles. The van der Waals surface area contributed by atoms with Gasteiger partial charge in [-0.1, -0.05) is 6.92 Å². The van der Waals surface area contributed by atoms with Gasteiger partial charge in [-0.25, -0.2) is 4.98 Å². The van der Waals surface area contributed by atoms with Crippen LogP contribution in [0.2, 0.25) is 0 Å². The van der Waals surface area contributed by atoms with E-state index in [0.717, 1.165) is 69.4 Å². The lowest BCUT2D eigenvalue weighted by Crippen LogP contribution is -2.40. The number of fused-ring (bicyclic) bond motifs is 1. The molecule has 26 heavy (non-hydrogen) atoms. The van der Waals surface area contributed by atoms with Crippen LogP contribution >= 0.6 is 0 Å². The Morgan fingerprint density at radius 1 is 0.962 bits per heavy atom. The summed E-state index contributed by atoms with van der Waals surface area (Å²) < 4.78 is 5.51. The largest absolute Gasteiger partial charge is 0.378 e. The van der Waals surface area contributed by atoms with Crippen LogP contribution in [0.5, 0.6) is 0 Å². The van der Waals surface area contributed by atoms with Gasteiger partial charge in [-0.15, -0.1) is 0 Å². The Bertz CT molecular complexity index is 686. The first kappa shape index (κ1) is 17.6. The Kier molecular flexibility index (Phi) is 5.28. The molecule has 1 aromatic heterocycles. The van der Waals surface area contributed by atoms with Gasteiger partial charge in [-0.2, -0.15) is 5.26 Å². The van der Waals surface area contributed by atoms with Crippen molar-refractivity contribution < 1.29 is 4.74 Å². The Hall–Kier alpha value is -1.84. The molecular formula is C20H29N5O. The average Bonchev–Trinajstić information content (AvgIpc) is 2.73. The number of hydrogen-bond donors (Lipinski definition) is 0. The van der Waals surface area contributed by atoms with E-state index < -0.39 is 0 Å². The zero-order valence-electron chi connectivity index (χ0n) is 15.8. The first-order chi connectivity index (χ1) is 12.8. The predicted molar refractivity (Wildman–Crippen MR) is 103 cm³/mol. The van der Waals surface area contributed by atoms with Crippen molar-refractivity contribution in [3.8, 4) is 6.07 Å². The van der Waals surface area contributed by atoms with Crippen LogP contribution in [-0.4, -0.2) is 62.4 Å². The van der Waals surface area contributed by atoms with Crippen molar-refractivity contribution in [3.05, 3.63) is 16.7 Å². The van der Waals surface area contributed by atoms with Crippen molar-refractivity contribution in [2.45, 2.75) is 39.2 Å². The molecule has 0 aliphatic carbocycles. The zero-order chi connectivity index (χ0) is 17.9. The lowest BCUT2D eigenvalue weighted by atomic mass is 9.94. The molecule has 6 heteroatoms. The molecule has 3 aliphatic rings. The van der Waals surface area contributed by atoms with Gasteiger partial charge in [-0.05, 0) is 37.8 Å². The van der Waals surface area contributed by atoms with Gasteiger partial charge in [0.15, 0.2) is 0 Å². The van der Waals surface area contributed by atoms with Crippen LogP contribution in [0.25, 0.3) is 0 Å². The zero-order valence-corrected chi connectivity index (χ0v) is 15.8. The highest BCUT2D eigenvalue weighted by molar-refractivity contribution is 5.68. The van der Waals surface area contributed by atoms with Crippen LogP contribution in [0.1, 0.15) is 42.9 Å². The van der Waals surface area contributed by atoms with Crippen LogP contribution in [-0.2, 0) is 17.7 Å². The third-order valence-corrected chi connectivity index (χ3v) is 5.96. The number of pyridine rings is 1. The highest BCUT2D eigenvalue weighted by Crippen LogP contribution is 2.36. The number of nitrogens with zero attached hydrogens (tertiary/aromatic N) is 5. The molecule has 0 saturated carbocycles. The smallest absolute Gasteiger partial charge is 0.149 e. The van der Waals surface area contributed by atoms with E-state index in [0.29, 0.717) is 13.2 Å². The van der Waals surface area contributed by atoms with Crippen molar-refractivity contribution in [2.75, 3.05) is 62.3 Å². The molecule has 0 spiro atoms. The number of aromatic nitrogens is 1. The summed E-state index contributed by atoms with van der Waals surface area (Å²) in [6.45, 7) is 10.5. The standard InChI is InChI=1S/C20H29N5O/c1-2-23-9-6-16-17(14-21)19(25-10-12-26-13-11-25)22-20(18(16)15-23)24-7-4-3-5-8-24/h2-13,15H2,1H3. The Morgan fingerprint density at radius 3 is 2.38 bits per heavy atom. The Labute approximate surface area is 156 Å². The minimum Gasteiger partial charge on any atom is -0.378 e. The highest BCUT2D eigenvalue weighted by Gasteiger charge is 2.30. The molecular weight excluding hydrogens is 326 g/mol. The van der Waals surface area contributed by atoms with Crippen LogP contribution < -0.4 is 9.80 Å². The number of rotatable bonds is 3. The molecule has 140 valence electrons. The van der Waals surface area contributed by atoms with Gasteiger partial charge in [0.1, 0.15) is 17.7 Å². The molecule has 0 radical (unpaired) electrons. The molecule has 0 bridgehead atoms. The van der Waals surface area contributed by atoms with E-state index in [1.807, 2.05) is 0 Å². The number of piperidine rings is 1. The van der Waals surface area contributed by atoms with Gasteiger partial charge < -0.3 is 14.5 Å². The maximum absolute atomic E-state index is 9.95. The summed E-state index contributed by atoms with van der Waals surface area (Å²) in [5.74, 6) is 2.03. The highest BCUT2D eigenvalue weighted by atomic mass is 16.5. The fourth-order valence-electron chi connectivity index (χ4n) is 4.42. The second-order valence-electron chi connectivity index (χ2n) is 7.47. The predicted octanol–water partition coefficient (Wildman–Crippen LogP) is 2.16. The quantitative estimate of drug-likeness (QED) is 0.828. The number of ether oxygens (including phenoxy) is 1. The number of anilines is 2. The lowest BCUT2D eigenvalue weighted by molar-refractivity contribution is 0.122. The van der Waals surface area contributed by atoms with Crippen molar-refractivity contribution in [1.29, 1.82) is 5.26 Å². The van der Waals surface area contributed by atoms with E-state index >= 15 is 0 Å². The van der Waals surface area contributed by atoms with E-state index in [4.69, 9.17) is 9.72 Å². The molecule has 4 rings (SSSR count). The number of likely N-dealkylation sites (N-methyl/N-ethyl adjacent to an activating group) is 1. The molecule has 2 saturated heterocycles. The molecule has 0 unspecified atom stereocenters. The van der Waals surface area contributed by atoms with Crippen molar-refractivity contribution in [3.63, 3.8) is 0 Å². The first-order valence-electron chi connectivity index (χ1n) is 10.1. The van der Waals surface area contributed by atoms with Gasteiger partial charge in [0.2, 0.25) is 0 Å². The summed E-state index contributed by atoms with van der Waals surface area (Å²) in [6.07, 6.45) is 4.74. The lowest BCUT2D eigenvalue weighted by Gasteiger charge is -2.37. The maximum Gasteiger partial charge on any atom is 0.149 e. The number of nitriles is 1. The van der Waals surface area contributed by atoms with Crippen LogP contribution in [0.4, 0.5) is 11.6 Å². The van der Waals surface area contributed by atoms with Gasteiger partial charge in [0.05, 0.1) is 18.8 Å². The molecule has 0 atom stereocenters. The van der Waals surface area contributed by atoms with E-state index in [1.54, 1.807) is 0 Å². The van der Waals surface area contributed by atoms with E-state index in [1.165, 1.54) is 30.4 Å². The first-order valence-corrected chi connectivity index (χ1v) is 10.1. The minimum absolute atomic E-state index is 0.715. The van der Waals surface area contributed by atoms with E-state index in [-0.39, 0.29) is 0 Å².